The topological polar surface area (TPSA) is 115 Å². The van der Waals surface area contributed by atoms with Crippen molar-refractivity contribution in [1.82, 2.24) is 8.96 Å². The van der Waals surface area contributed by atoms with Crippen molar-refractivity contribution in [3.63, 3.8) is 0 Å². The van der Waals surface area contributed by atoms with Gasteiger partial charge in [0.2, 0.25) is 16.0 Å². The maximum absolute atomic E-state index is 12.2. The Balaban J connectivity index is 2.62. The molecule has 0 aliphatic heterocycles. The second-order valence-corrected chi connectivity index (χ2v) is 6.97. The molecule has 2 rings (SSSR count). The van der Waals surface area contributed by atoms with Crippen LogP contribution in [0, 0.1) is 0 Å². The number of imidazole rings is 1. The molecule has 0 fully saturated rings. The van der Waals surface area contributed by atoms with Crippen LogP contribution in [0.4, 0.5) is 5.95 Å². The molecule has 3 N–H and O–H groups in total. The summed E-state index contributed by atoms with van der Waals surface area (Å²) in [5.41, 5.74) is 6.65. The molecule has 0 atom stereocenters. The van der Waals surface area contributed by atoms with Crippen molar-refractivity contribution in [3.05, 3.63) is 17.0 Å². The van der Waals surface area contributed by atoms with Crippen molar-refractivity contribution >= 4 is 28.0 Å². The van der Waals surface area contributed by atoms with Crippen molar-refractivity contribution in [2.75, 3.05) is 5.73 Å². The number of rotatable bonds is 3. The van der Waals surface area contributed by atoms with E-state index >= 15 is 0 Å². The highest BCUT2D eigenvalue weighted by Crippen LogP contribution is 2.28. The summed E-state index contributed by atoms with van der Waals surface area (Å²) in [5, 5.41) is 8.31. The zero-order valence-corrected chi connectivity index (χ0v) is 11.4. The van der Waals surface area contributed by atoms with E-state index in [1.807, 2.05) is 0 Å². The van der Waals surface area contributed by atoms with Gasteiger partial charge in [0, 0.05) is 5.57 Å². The van der Waals surface area contributed by atoms with Crippen molar-refractivity contribution in [3.8, 4) is 0 Å². The summed E-state index contributed by atoms with van der Waals surface area (Å²) >= 11 is 0. The summed E-state index contributed by atoms with van der Waals surface area (Å²) in [7, 11) is -3.59. The molecule has 8 heteroatoms. The number of aromatic nitrogens is 2. The zero-order chi connectivity index (χ0) is 14.4. The fourth-order valence-electron chi connectivity index (χ4n) is 1.97. The van der Waals surface area contributed by atoms with E-state index in [1.165, 1.54) is 6.08 Å². The zero-order valence-electron chi connectivity index (χ0n) is 10.6. The Kier molecular flexibility index (Phi) is 3.13. The lowest BCUT2D eigenvalue weighted by Crippen LogP contribution is -2.26. The number of carboxylic acid groups (broad SMARTS) is 1. The van der Waals surface area contributed by atoms with Gasteiger partial charge in [0.25, 0.3) is 0 Å². The van der Waals surface area contributed by atoms with Crippen molar-refractivity contribution in [1.29, 1.82) is 0 Å². The molecule has 1 aliphatic carbocycles. The van der Waals surface area contributed by atoms with Gasteiger partial charge in [-0.15, -0.1) is 0 Å². The highest BCUT2D eigenvalue weighted by atomic mass is 32.2. The molecule has 1 aliphatic rings. The van der Waals surface area contributed by atoms with Gasteiger partial charge in [0.1, 0.15) is 0 Å². The lowest BCUT2D eigenvalue weighted by Gasteiger charge is -2.16. The first kappa shape index (κ1) is 13.6. The largest absolute Gasteiger partial charge is 0.478 e. The molecule has 7 nitrogen and oxygen atoms in total. The molecule has 0 bridgehead atoms. The predicted octanol–water partition coefficient (Wildman–Crippen LogP) is 0.466. The van der Waals surface area contributed by atoms with Crippen LogP contribution in [0.2, 0.25) is 0 Å². The van der Waals surface area contributed by atoms with E-state index in [1.54, 1.807) is 13.8 Å². The number of anilines is 1. The minimum atomic E-state index is -3.59. The molecule has 1 heterocycles. The average Bonchev–Trinajstić information content (AvgIpc) is 2.63. The highest BCUT2D eigenvalue weighted by molar-refractivity contribution is 7.90. The summed E-state index contributed by atoms with van der Waals surface area (Å²) in [6, 6.07) is 0. The molecule has 0 unspecified atom stereocenters. The predicted molar refractivity (Wildman–Crippen MR) is 70.0 cm³/mol. The first-order chi connectivity index (χ1) is 8.75. The maximum Gasteiger partial charge on any atom is 0.331 e. The highest BCUT2D eigenvalue weighted by Gasteiger charge is 2.29. The third-order valence-corrected chi connectivity index (χ3v) is 5.16. The lowest BCUT2D eigenvalue weighted by molar-refractivity contribution is -0.132. The van der Waals surface area contributed by atoms with Crippen molar-refractivity contribution in [2.24, 2.45) is 0 Å². The minimum Gasteiger partial charge on any atom is -0.478 e. The third kappa shape index (κ3) is 2.12. The van der Waals surface area contributed by atoms with Gasteiger partial charge in [-0.3, -0.25) is 0 Å². The van der Waals surface area contributed by atoms with Crippen LogP contribution in [0.5, 0.6) is 0 Å². The number of hydrogen-bond acceptors (Lipinski definition) is 5. The summed E-state index contributed by atoms with van der Waals surface area (Å²) < 4.78 is 25.4. The normalized spacial score (nSPS) is 15.2. The van der Waals surface area contributed by atoms with E-state index in [4.69, 9.17) is 10.8 Å². The van der Waals surface area contributed by atoms with Crippen LogP contribution in [-0.2, 0) is 21.2 Å². The lowest BCUT2D eigenvalue weighted by atomic mass is 10.0. The molecule has 0 saturated heterocycles. The molecule has 0 saturated carbocycles. The molecule has 1 aromatic rings. The first-order valence-electron chi connectivity index (χ1n) is 5.80. The molecular formula is C11H15N3O4S. The van der Waals surface area contributed by atoms with Gasteiger partial charge in [0.05, 0.1) is 16.6 Å². The fraction of sp³-hybridized carbons (Fsp3) is 0.455. The van der Waals surface area contributed by atoms with Crippen LogP contribution in [0.1, 0.15) is 31.7 Å². The monoisotopic (exact) mass is 285 g/mol. The summed E-state index contributed by atoms with van der Waals surface area (Å²) in [6.07, 6.45) is 1.94. The van der Waals surface area contributed by atoms with Gasteiger partial charge < -0.3 is 10.8 Å². The molecule has 0 aromatic carbocycles. The third-order valence-electron chi connectivity index (χ3n) is 3.05. The number of aliphatic carboxylic acids is 1. The summed E-state index contributed by atoms with van der Waals surface area (Å²) in [4.78, 5) is 14.9. The quantitative estimate of drug-likeness (QED) is 0.834. The SMILES string of the molecule is CC(C)S(=O)(=O)n1c(N)nc2c1CCC(C(=O)O)=C2. The van der Waals surface area contributed by atoms with E-state index in [0.29, 0.717) is 17.8 Å². The van der Waals surface area contributed by atoms with Crippen LogP contribution in [0.15, 0.2) is 5.57 Å². The standard InChI is InChI=1S/C11H15N3O4S/c1-6(2)19(17,18)14-9-4-3-7(10(15)16)5-8(9)13-11(14)12/h5-6H,3-4H2,1-2H3,(H2,12,13)(H,15,16). The number of nitrogens with zero attached hydrogens (tertiary/aromatic N) is 2. The second-order valence-electron chi connectivity index (χ2n) is 4.63. The Bertz CT molecular complexity index is 670. The minimum absolute atomic E-state index is 0.124. The Morgan fingerprint density at radius 2 is 2.11 bits per heavy atom. The molecule has 19 heavy (non-hydrogen) atoms. The van der Waals surface area contributed by atoms with Crippen LogP contribution in [-0.4, -0.2) is 33.7 Å². The molecule has 104 valence electrons. The van der Waals surface area contributed by atoms with E-state index in [9.17, 15) is 13.2 Å². The Morgan fingerprint density at radius 1 is 1.47 bits per heavy atom. The molecule has 0 spiro atoms. The average molecular weight is 285 g/mol. The van der Waals surface area contributed by atoms with Crippen LogP contribution < -0.4 is 5.73 Å². The molecule has 1 aromatic heterocycles. The Hall–Kier alpha value is -1.83. The summed E-state index contributed by atoms with van der Waals surface area (Å²) in [6.45, 7) is 3.12. The number of nitrogens with two attached hydrogens (primary N) is 1. The van der Waals surface area contributed by atoms with Gasteiger partial charge in [-0.25, -0.2) is 22.2 Å². The van der Waals surface area contributed by atoms with Crippen LogP contribution in [0.25, 0.3) is 6.08 Å². The van der Waals surface area contributed by atoms with Gasteiger partial charge in [-0.05, 0) is 32.8 Å². The van der Waals surface area contributed by atoms with E-state index in [0.717, 1.165) is 3.97 Å². The number of carboxylic acids is 1. The smallest absolute Gasteiger partial charge is 0.331 e. The van der Waals surface area contributed by atoms with Gasteiger partial charge in [-0.2, -0.15) is 0 Å². The number of carbonyl (C=O) groups is 1. The molecular weight excluding hydrogens is 270 g/mol. The summed E-state index contributed by atoms with van der Waals surface area (Å²) in [5.74, 6) is -1.15. The van der Waals surface area contributed by atoms with Gasteiger partial charge in [-0.1, -0.05) is 0 Å². The Morgan fingerprint density at radius 3 is 2.63 bits per heavy atom. The van der Waals surface area contributed by atoms with Crippen molar-refractivity contribution < 1.29 is 18.3 Å². The van der Waals surface area contributed by atoms with E-state index in [-0.39, 0.29) is 17.9 Å². The van der Waals surface area contributed by atoms with Crippen molar-refractivity contribution in [2.45, 2.75) is 31.9 Å². The van der Waals surface area contributed by atoms with Crippen LogP contribution >= 0.6 is 0 Å². The van der Waals surface area contributed by atoms with E-state index in [2.05, 4.69) is 4.98 Å². The number of hydrogen-bond donors (Lipinski definition) is 2. The van der Waals surface area contributed by atoms with Gasteiger partial charge >= 0.3 is 5.97 Å². The number of nitrogen functional groups attached to an aromatic ring is 1. The van der Waals surface area contributed by atoms with Gasteiger partial charge in [0.15, 0.2) is 0 Å². The molecule has 0 radical (unpaired) electrons. The fourth-order valence-corrected chi connectivity index (χ4v) is 3.19. The first-order valence-corrected chi connectivity index (χ1v) is 7.30. The molecule has 0 amide bonds. The second kappa shape index (κ2) is 4.37. The maximum atomic E-state index is 12.2. The Labute approximate surface area is 110 Å². The van der Waals surface area contributed by atoms with E-state index < -0.39 is 21.2 Å². The van der Waals surface area contributed by atoms with Crippen LogP contribution in [0.3, 0.4) is 0 Å². The number of fused-ring (bicyclic) bond motifs is 1.